The maximum Gasteiger partial charge on any atom is 0.243 e. The Morgan fingerprint density at radius 2 is 1.94 bits per heavy atom. The molecule has 4 N–H and O–H groups in total. The summed E-state index contributed by atoms with van der Waals surface area (Å²) < 4.78 is 0. The van der Waals surface area contributed by atoms with Gasteiger partial charge in [0.05, 0.1) is 6.61 Å². The van der Waals surface area contributed by atoms with E-state index >= 15 is 0 Å². The quantitative estimate of drug-likeness (QED) is 0.742. The SMILES string of the molecule is Cc1cccc(C)c1NC(=O)[C@H](N)CO.Cl. The van der Waals surface area contributed by atoms with Crippen molar-refractivity contribution in [3.63, 3.8) is 0 Å². The van der Waals surface area contributed by atoms with E-state index in [4.69, 9.17) is 10.8 Å². The standard InChI is InChI=1S/C11H16N2O2.ClH/c1-7-4-3-5-8(2)10(7)13-11(15)9(12)6-14;/h3-5,9,14H,6,12H2,1-2H3,(H,13,15);1H/t9-;/m1./s1. The lowest BCUT2D eigenvalue weighted by Gasteiger charge is -2.13. The van der Waals surface area contributed by atoms with Gasteiger partial charge in [-0.05, 0) is 25.0 Å². The predicted octanol–water partition coefficient (Wildman–Crippen LogP) is 0.983. The van der Waals surface area contributed by atoms with Crippen LogP contribution in [0.25, 0.3) is 0 Å². The average Bonchev–Trinajstić information content (AvgIpc) is 2.22. The van der Waals surface area contributed by atoms with Gasteiger partial charge < -0.3 is 16.2 Å². The second-order valence-electron chi connectivity index (χ2n) is 3.55. The Morgan fingerprint density at radius 1 is 1.44 bits per heavy atom. The van der Waals surface area contributed by atoms with Crippen LogP contribution in [0.15, 0.2) is 18.2 Å². The van der Waals surface area contributed by atoms with Gasteiger partial charge in [0, 0.05) is 5.69 Å². The molecule has 0 spiro atoms. The predicted molar refractivity (Wildman–Crippen MR) is 66.9 cm³/mol. The number of carbonyl (C=O) groups is 1. The van der Waals surface area contributed by atoms with E-state index in [9.17, 15) is 4.79 Å². The van der Waals surface area contributed by atoms with Crippen LogP contribution in [-0.2, 0) is 4.79 Å². The topological polar surface area (TPSA) is 75.4 Å². The third-order valence-corrected chi connectivity index (χ3v) is 2.26. The first-order valence-corrected chi connectivity index (χ1v) is 4.79. The van der Waals surface area contributed by atoms with Gasteiger partial charge in [-0.15, -0.1) is 12.4 Å². The van der Waals surface area contributed by atoms with E-state index in [1.165, 1.54) is 0 Å². The summed E-state index contributed by atoms with van der Waals surface area (Å²) in [6, 6.07) is 4.87. The fraction of sp³-hybridized carbons (Fsp3) is 0.364. The van der Waals surface area contributed by atoms with Gasteiger partial charge in [0.1, 0.15) is 6.04 Å². The number of aliphatic hydroxyl groups is 1. The monoisotopic (exact) mass is 244 g/mol. The van der Waals surface area contributed by atoms with Crippen LogP contribution in [0.1, 0.15) is 11.1 Å². The minimum absolute atomic E-state index is 0. The molecule has 0 aliphatic rings. The number of para-hydroxylation sites is 1. The van der Waals surface area contributed by atoms with E-state index in [0.717, 1.165) is 16.8 Å². The summed E-state index contributed by atoms with van der Waals surface area (Å²) in [6.07, 6.45) is 0. The number of benzene rings is 1. The molecule has 0 fully saturated rings. The number of anilines is 1. The maximum absolute atomic E-state index is 11.5. The van der Waals surface area contributed by atoms with Gasteiger partial charge in [-0.25, -0.2) is 0 Å². The molecule has 0 aromatic heterocycles. The molecule has 1 aromatic rings. The Bertz CT molecular complexity index is 349. The summed E-state index contributed by atoms with van der Waals surface area (Å²) >= 11 is 0. The van der Waals surface area contributed by atoms with Crippen molar-refractivity contribution in [2.45, 2.75) is 19.9 Å². The fourth-order valence-electron chi connectivity index (χ4n) is 1.31. The number of aryl methyl sites for hydroxylation is 2. The Kier molecular flexibility index (Phi) is 6.03. The molecule has 0 saturated heterocycles. The third-order valence-electron chi connectivity index (χ3n) is 2.26. The number of aliphatic hydroxyl groups excluding tert-OH is 1. The lowest BCUT2D eigenvalue weighted by atomic mass is 10.1. The molecule has 0 heterocycles. The first-order chi connectivity index (χ1) is 7.06. The molecule has 0 aliphatic heterocycles. The van der Waals surface area contributed by atoms with Crippen molar-refractivity contribution in [2.24, 2.45) is 5.73 Å². The minimum atomic E-state index is -0.871. The largest absolute Gasteiger partial charge is 0.394 e. The number of nitrogens with one attached hydrogen (secondary N) is 1. The molecule has 0 bridgehead atoms. The van der Waals surface area contributed by atoms with Crippen LogP contribution < -0.4 is 11.1 Å². The molecule has 0 saturated carbocycles. The van der Waals surface area contributed by atoms with Crippen LogP contribution in [0.3, 0.4) is 0 Å². The second-order valence-corrected chi connectivity index (χ2v) is 3.55. The normalized spacial score (nSPS) is 11.5. The third kappa shape index (κ3) is 3.48. The van der Waals surface area contributed by atoms with Crippen LogP contribution >= 0.6 is 12.4 Å². The molecule has 4 nitrogen and oxygen atoms in total. The second kappa shape index (κ2) is 6.48. The first-order valence-electron chi connectivity index (χ1n) is 4.79. The molecule has 0 radical (unpaired) electrons. The highest BCUT2D eigenvalue weighted by molar-refractivity contribution is 5.96. The molecule has 1 aromatic carbocycles. The lowest BCUT2D eigenvalue weighted by molar-refractivity contribution is -0.118. The molecule has 0 aliphatic carbocycles. The van der Waals surface area contributed by atoms with Gasteiger partial charge >= 0.3 is 0 Å². The van der Waals surface area contributed by atoms with Gasteiger partial charge in [-0.3, -0.25) is 4.79 Å². The molecule has 1 atom stereocenters. The molecule has 1 rings (SSSR count). The molecule has 5 heteroatoms. The van der Waals surface area contributed by atoms with E-state index in [1.807, 2.05) is 32.0 Å². The van der Waals surface area contributed by atoms with Gasteiger partial charge in [0.15, 0.2) is 0 Å². The fourth-order valence-corrected chi connectivity index (χ4v) is 1.31. The zero-order valence-electron chi connectivity index (χ0n) is 9.36. The molecular formula is C11H17ClN2O2. The number of halogens is 1. The van der Waals surface area contributed by atoms with Crippen LogP contribution in [0.2, 0.25) is 0 Å². The van der Waals surface area contributed by atoms with E-state index in [1.54, 1.807) is 0 Å². The first kappa shape index (κ1) is 14.9. The molecule has 90 valence electrons. The number of carbonyl (C=O) groups excluding carboxylic acids is 1. The van der Waals surface area contributed by atoms with Gasteiger partial charge in [-0.2, -0.15) is 0 Å². The van der Waals surface area contributed by atoms with Crippen LogP contribution in [0.5, 0.6) is 0 Å². The summed E-state index contributed by atoms with van der Waals surface area (Å²) in [5.41, 5.74) is 8.13. The molecular weight excluding hydrogens is 228 g/mol. The number of rotatable bonds is 3. The number of nitrogens with two attached hydrogens (primary N) is 1. The van der Waals surface area contributed by atoms with Crippen LogP contribution in [-0.4, -0.2) is 23.7 Å². The highest BCUT2D eigenvalue weighted by Gasteiger charge is 2.13. The minimum Gasteiger partial charge on any atom is -0.394 e. The molecule has 16 heavy (non-hydrogen) atoms. The van der Waals surface area contributed by atoms with Gasteiger partial charge in [-0.1, -0.05) is 18.2 Å². The van der Waals surface area contributed by atoms with E-state index in [-0.39, 0.29) is 24.9 Å². The van der Waals surface area contributed by atoms with E-state index in [2.05, 4.69) is 5.32 Å². The number of amides is 1. The highest BCUT2D eigenvalue weighted by Crippen LogP contribution is 2.19. The van der Waals surface area contributed by atoms with Gasteiger partial charge in [0.25, 0.3) is 0 Å². The molecule has 0 unspecified atom stereocenters. The van der Waals surface area contributed by atoms with Crippen molar-refractivity contribution in [1.82, 2.24) is 0 Å². The maximum atomic E-state index is 11.5. The summed E-state index contributed by atoms with van der Waals surface area (Å²) in [4.78, 5) is 11.5. The summed E-state index contributed by atoms with van der Waals surface area (Å²) in [5.74, 6) is -0.366. The van der Waals surface area contributed by atoms with Crippen molar-refractivity contribution >= 4 is 24.0 Å². The number of hydrogen-bond donors (Lipinski definition) is 3. The summed E-state index contributed by atoms with van der Waals surface area (Å²) in [5, 5.41) is 11.4. The Labute approximate surface area is 101 Å². The summed E-state index contributed by atoms with van der Waals surface area (Å²) in [6.45, 7) is 3.47. The smallest absolute Gasteiger partial charge is 0.243 e. The van der Waals surface area contributed by atoms with Crippen molar-refractivity contribution < 1.29 is 9.90 Å². The van der Waals surface area contributed by atoms with E-state index in [0.29, 0.717) is 0 Å². The zero-order valence-corrected chi connectivity index (χ0v) is 10.2. The van der Waals surface area contributed by atoms with Crippen LogP contribution in [0.4, 0.5) is 5.69 Å². The summed E-state index contributed by atoms with van der Waals surface area (Å²) in [7, 11) is 0. The lowest BCUT2D eigenvalue weighted by Crippen LogP contribution is -2.38. The molecule has 1 amide bonds. The number of hydrogen-bond acceptors (Lipinski definition) is 3. The van der Waals surface area contributed by atoms with Crippen molar-refractivity contribution in [2.75, 3.05) is 11.9 Å². The van der Waals surface area contributed by atoms with Gasteiger partial charge in [0.2, 0.25) is 5.91 Å². The van der Waals surface area contributed by atoms with Crippen molar-refractivity contribution in [3.8, 4) is 0 Å². The highest BCUT2D eigenvalue weighted by atomic mass is 35.5. The average molecular weight is 245 g/mol. The Morgan fingerprint density at radius 3 is 2.38 bits per heavy atom. The zero-order chi connectivity index (χ0) is 11.4. The van der Waals surface area contributed by atoms with Crippen LogP contribution in [0, 0.1) is 13.8 Å². The Balaban J connectivity index is 0.00000225. The van der Waals surface area contributed by atoms with E-state index < -0.39 is 6.04 Å². The van der Waals surface area contributed by atoms with Crippen molar-refractivity contribution in [1.29, 1.82) is 0 Å². The van der Waals surface area contributed by atoms with Crippen molar-refractivity contribution in [3.05, 3.63) is 29.3 Å². The Hall–Kier alpha value is -1.10.